The number of hydrogen-bond donors (Lipinski definition) is 2. The van der Waals surface area contributed by atoms with Crippen molar-refractivity contribution in [2.45, 2.75) is 26.7 Å². The zero-order chi connectivity index (χ0) is 13.7. The van der Waals surface area contributed by atoms with Crippen LogP contribution in [0, 0.1) is 5.92 Å². The predicted octanol–water partition coefficient (Wildman–Crippen LogP) is 1.98. The number of amides is 2. The van der Waals surface area contributed by atoms with Crippen LogP contribution in [0.5, 0.6) is 0 Å². The maximum absolute atomic E-state index is 11.8. The van der Waals surface area contributed by atoms with E-state index in [1.165, 1.54) is 0 Å². The quantitative estimate of drug-likeness (QED) is 0.835. The number of rotatable bonds is 4. The van der Waals surface area contributed by atoms with E-state index in [1.54, 1.807) is 23.9 Å². The second-order valence-electron chi connectivity index (χ2n) is 4.59. The highest BCUT2D eigenvalue weighted by Gasteiger charge is 2.11. The van der Waals surface area contributed by atoms with Gasteiger partial charge in [0.15, 0.2) is 0 Å². The number of aromatic nitrogens is 1. The fourth-order valence-corrected chi connectivity index (χ4v) is 1.95. The Hall–Kier alpha value is -1.30. The van der Waals surface area contributed by atoms with Gasteiger partial charge in [0.25, 0.3) is 5.91 Å². The lowest BCUT2D eigenvalue weighted by Crippen LogP contribution is -2.42. The first-order valence-corrected chi connectivity index (χ1v) is 6.60. The molecule has 1 aromatic heterocycles. The van der Waals surface area contributed by atoms with Crippen molar-refractivity contribution < 1.29 is 9.59 Å². The number of hydrogen-bond acceptors (Lipinski definition) is 2. The monoisotopic (exact) mass is 315 g/mol. The Bertz CT molecular complexity index is 441. The fourth-order valence-electron chi connectivity index (χ4n) is 1.42. The summed E-state index contributed by atoms with van der Waals surface area (Å²) in [7, 11) is 1.76. The van der Waals surface area contributed by atoms with Gasteiger partial charge in [-0.05, 0) is 34.3 Å². The topological polar surface area (TPSA) is 63.1 Å². The number of aryl methyl sites for hydroxylation is 1. The fraction of sp³-hybridized carbons (Fsp3) is 0.500. The van der Waals surface area contributed by atoms with Crippen LogP contribution in [0.2, 0.25) is 0 Å². The van der Waals surface area contributed by atoms with Gasteiger partial charge in [0.1, 0.15) is 5.69 Å². The molecule has 0 unspecified atom stereocenters. The molecule has 0 aliphatic heterocycles. The van der Waals surface area contributed by atoms with E-state index in [-0.39, 0.29) is 11.8 Å². The standard InChI is InChI=1S/C12H18BrN3O2/c1-8(2)4-5-11(17)14-15-12(18)10-6-9(13)7-16(10)3/h6-8H,4-5H2,1-3H3,(H,14,17)(H,15,18). The van der Waals surface area contributed by atoms with Crippen molar-refractivity contribution in [1.29, 1.82) is 0 Å². The van der Waals surface area contributed by atoms with Crippen LogP contribution in [-0.4, -0.2) is 16.4 Å². The van der Waals surface area contributed by atoms with Crippen molar-refractivity contribution in [3.05, 3.63) is 22.4 Å². The molecule has 100 valence electrons. The molecule has 0 aliphatic rings. The zero-order valence-electron chi connectivity index (χ0n) is 10.8. The van der Waals surface area contributed by atoms with Gasteiger partial charge < -0.3 is 4.57 Å². The van der Waals surface area contributed by atoms with E-state index in [9.17, 15) is 9.59 Å². The lowest BCUT2D eigenvalue weighted by atomic mass is 10.1. The minimum atomic E-state index is -0.332. The van der Waals surface area contributed by atoms with E-state index in [1.807, 2.05) is 13.8 Å². The number of hydrazine groups is 1. The van der Waals surface area contributed by atoms with Crippen molar-refractivity contribution in [2.24, 2.45) is 13.0 Å². The van der Waals surface area contributed by atoms with Crippen LogP contribution in [0.15, 0.2) is 16.7 Å². The van der Waals surface area contributed by atoms with Gasteiger partial charge in [-0.1, -0.05) is 13.8 Å². The largest absolute Gasteiger partial charge is 0.345 e. The molecule has 1 heterocycles. The minimum absolute atomic E-state index is 0.176. The predicted molar refractivity (Wildman–Crippen MR) is 72.8 cm³/mol. The van der Waals surface area contributed by atoms with E-state index >= 15 is 0 Å². The van der Waals surface area contributed by atoms with Crippen LogP contribution >= 0.6 is 15.9 Å². The first-order valence-electron chi connectivity index (χ1n) is 5.81. The molecule has 0 fully saturated rings. The summed E-state index contributed by atoms with van der Waals surface area (Å²) in [5.74, 6) is -0.0401. The van der Waals surface area contributed by atoms with Gasteiger partial charge in [0.2, 0.25) is 5.91 Å². The average molecular weight is 316 g/mol. The summed E-state index contributed by atoms with van der Waals surface area (Å²) in [5, 5.41) is 0. The third-order valence-electron chi connectivity index (χ3n) is 2.47. The molecular formula is C12H18BrN3O2. The first-order chi connectivity index (χ1) is 8.40. The van der Waals surface area contributed by atoms with E-state index < -0.39 is 0 Å². The summed E-state index contributed by atoms with van der Waals surface area (Å²) in [6.07, 6.45) is 2.99. The molecule has 18 heavy (non-hydrogen) atoms. The molecule has 0 saturated carbocycles. The number of carbonyl (C=O) groups excluding carboxylic acids is 2. The van der Waals surface area contributed by atoms with Crippen molar-refractivity contribution in [3.63, 3.8) is 0 Å². The second-order valence-corrected chi connectivity index (χ2v) is 5.50. The highest BCUT2D eigenvalue weighted by molar-refractivity contribution is 9.10. The number of carbonyl (C=O) groups is 2. The molecule has 0 radical (unpaired) electrons. The molecule has 0 saturated heterocycles. The Morgan fingerprint density at radius 1 is 1.39 bits per heavy atom. The van der Waals surface area contributed by atoms with Crippen molar-refractivity contribution in [1.82, 2.24) is 15.4 Å². The Labute approximate surface area is 115 Å². The molecule has 1 rings (SSSR count). The Kier molecular flexibility index (Phi) is 5.40. The molecule has 1 aromatic rings. The molecule has 0 bridgehead atoms. The van der Waals surface area contributed by atoms with Crippen molar-refractivity contribution in [3.8, 4) is 0 Å². The van der Waals surface area contributed by atoms with Gasteiger partial charge in [-0.3, -0.25) is 20.4 Å². The van der Waals surface area contributed by atoms with Gasteiger partial charge in [0.05, 0.1) is 0 Å². The zero-order valence-corrected chi connectivity index (χ0v) is 12.4. The smallest absolute Gasteiger partial charge is 0.286 e. The lowest BCUT2D eigenvalue weighted by molar-refractivity contribution is -0.122. The molecule has 0 aliphatic carbocycles. The van der Waals surface area contributed by atoms with Crippen LogP contribution < -0.4 is 10.9 Å². The van der Waals surface area contributed by atoms with Crippen LogP contribution in [0.3, 0.4) is 0 Å². The van der Waals surface area contributed by atoms with Gasteiger partial charge in [-0.25, -0.2) is 0 Å². The lowest BCUT2D eigenvalue weighted by Gasteiger charge is -2.08. The number of nitrogens with one attached hydrogen (secondary N) is 2. The van der Waals surface area contributed by atoms with Gasteiger partial charge in [-0.15, -0.1) is 0 Å². The molecule has 6 heteroatoms. The molecule has 0 spiro atoms. The van der Waals surface area contributed by atoms with Crippen LogP contribution in [0.25, 0.3) is 0 Å². The Morgan fingerprint density at radius 3 is 2.56 bits per heavy atom. The number of halogens is 1. The van der Waals surface area contributed by atoms with Gasteiger partial charge >= 0.3 is 0 Å². The van der Waals surface area contributed by atoms with E-state index in [0.717, 1.165) is 10.9 Å². The van der Waals surface area contributed by atoms with E-state index in [4.69, 9.17) is 0 Å². The molecular weight excluding hydrogens is 298 g/mol. The third kappa shape index (κ3) is 4.52. The normalized spacial score (nSPS) is 10.5. The highest BCUT2D eigenvalue weighted by Crippen LogP contribution is 2.13. The Balaban J connectivity index is 2.42. The summed E-state index contributed by atoms with van der Waals surface area (Å²) in [4.78, 5) is 23.2. The summed E-state index contributed by atoms with van der Waals surface area (Å²) in [5.41, 5.74) is 5.28. The van der Waals surface area contributed by atoms with Crippen molar-refractivity contribution in [2.75, 3.05) is 0 Å². The van der Waals surface area contributed by atoms with Crippen LogP contribution in [-0.2, 0) is 11.8 Å². The molecule has 5 nitrogen and oxygen atoms in total. The van der Waals surface area contributed by atoms with Crippen LogP contribution in [0.1, 0.15) is 37.2 Å². The Morgan fingerprint density at radius 2 is 2.06 bits per heavy atom. The van der Waals surface area contributed by atoms with E-state index in [2.05, 4.69) is 26.8 Å². The van der Waals surface area contributed by atoms with E-state index in [0.29, 0.717) is 18.0 Å². The molecule has 2 amide bonds. The maximum atomic E-state index is 11.8. The summed E-state index contributed by atoms with van der Waals surface area (Å²) < 4.78 is 2.50. The number of nitrogens with zero attached hydrogens (tertiary/aromatic N) is 1. The molecule has 0 atom stereocenters. The van der Waals surface area contributed by atoms with Gasteiger partial charge in [0, 0.05) is 24.1 Å². The van der Waals surface area contributed by atoms with Crippen molar-refractivity contribution >= 4 is 27.7 Å². The first kappa shape index (κ1) is 14.8. The summed E-state index contributed by atoms with van der Waals surface area (Å²) >= 11 is 3.28. The maximum Gasteiger partial charge on any atom is 0.286 e. The highest BCUT2D eigenvalue weighted by atomic mass is 79.9. The minimum Gasteiger partial charge on any atom is -0.345 e. The average Bonchev–Trinajstić information content (AvgIpc) is 2.62. The van der Waals surface area contributed by atoms with Gasteiger partial charge in [-0.2, -0.15) is 0 Å². The second kappa shape index (κ2) is 6.58. The summed E-state index contributed by atoms with van der Waals surface area (Å²) in [6.45, 7) is 4.10. The summed E-state index contributed by atoms with van der Waals surface area (Å²) in [6, 6.07) is 1.69. The molecule has 0 aromatic carbocycles. The third-order valence-corrected chi connectivity index (χ3v) is 2.90. The molecule has 2 N–H and O–H groups in total. The SMILES string of the molecule is CC(C)CCC(=O)NNC(=O)c1cc(Br)cn1C. The van der Waals surface area contributed by atoms with Crippen LogP contribution in [0.4, 0.5) is 0 Å².